The first-order valence-electron chi connectivity index (χ1n) is 11.8. The molecule has 0 saturated carbocycles. The molecule has 2 aromatic heterocycles. The first-order valence-corrected chi connectivity index (χ1v) is 11.8. The number of aromatic nitrogens is 3. The first-order chi connectivity index (χ1) is 17.1. The summed E-state index contributed by atoms with van der Waals surface area (Å²) in [5, 5.41) is 6.08. The van der Waals surface area contributed by atoms with E-state index in [1.807, 2.05) is 36.5 Å². The summed E-state index contributed by atoms with van der Waals surface area (Å²) in [6.45, 7) is 6.59. The lowest BCUT2D eigenvalue weighted by Crippen LogP contribution is -2.46. The van der Waals surface area contributed by atoms with Crippen molar-refractivity contribution in [3.8, 4) is 11.3 Å². The Morgan fingerprint density at radius 1 is 0.943 bits per heavy atom. The molecule has 2 aromatic carbocycles. The fourth-order valence-electron chi connectivity index (χ4n) is 4.26. The van der Waals surface area contributed by atoms with Crippen LogP contribution < -0.4 is 15.5 Å². The van der Waals surface area contributed by atoms with Gasteiger partial charge in [0.2, 0.25) is 11.9 Å². The largest absolute Gasteiger partial charge is 0.369 e. The molecule has 1 aliphatic heterocycles. The summed E-state index contributed by atoms with van der Waals surface area (Å²) in [5.41, 5.74) is 5.96. The molecule has 0 spiro atoms. The zero-order valence-corrected chi connectivity index (χ0v) is 19.7. The minimum Gasteiger partial charge on any atom is -0.369 e. The number of benzene rings is 2. The molecule has 1 amide bonds. The molecule has 5 rings (SSSR count). The number of hydrogen-bond acceptors (Lipinski definition) is 6. The molecule has 3 heterocycles. The zero-order chi connectivity index (χ0) is 24.0. The van der Waals surface area contributed by atoms with Crippen molar-refractivity contribution in [2.24, 2.45) is 0 Å². The molecule has 1 aliphatic rings. The lowest BCUT2D eigenvalue weighted by Gasteiger charge is -2.36. The van der Waals surface area contributed by atoms with Gasteiger partial charge in [0.1, 0.15) is 0 Å². The van der Waals surface area contributed by atoms with E-state index >= 15 is 0 Å². The van der Waals surface area contributed by atoms with Crippen LogP contribution in [0.15, 0.2) is 79.1 Å². The van der Waals surface area contributed by atoms with Gasteiger partial charge >= 0.3 is 0 Å². The molecule has 1 fully saturated rings. The number of carbonyl (C=O) groups excluding carboxylic acids is 1. The second kappa shape index (κ2) is 10.4. The van der Waals surface area contributed by atoms with E-state index in [-0.39, 0.29) is 5.91 Å². The Hall–Kier alpha value is -4.17. The van der Waals surface area contributed by atoms with E-state index in [1.54, 1.807) is 6.20 Å². The van der Waals surface area contributed by atoms with E-state index in [9.17, 15) is 4.79 Å². The van der Waals surface area contributed by atoms with Crippen LogP contribution >= 0.6 is 0 Å². The highest BCUT2D eigenvalue weighted by atomic mass is 16.1. The van der Waals surface area contributed by atoms with E-state index in [4.69, 9.17) is 0 Å². The summed E-state index contributed by atoms with van der Waals surface area (Å²) >= 11 is 0. The van der Waals surface area contributed by atoms with Crippen molar-refractivity contribution in [1.82, 2.24) is 19.9 Å². The SMILES string of the molecule is CC(=O)Nc1ccc(-c2ccnc(Nc3ccc(N4CCN(Cc5ccc[nH]5)CC4)cc3)n2)cc1. The van der Waals surface area contributed by atoms with Gasteiger partial charge in [-0.15, -0.1) is 0 Å². The van der Waals surface area contributed by atoms with Crippen LogP contribution in [0.3, 0.4) is 0 Å². The third kappa shape index (κ3) is 5.85. The van der Waals surface area contributed by atoms with Crippen molar-refractivity contribution in [1.29, 1.82) is 0 Å². The Bertz CT molecular complexity index is 1250. The topological polar surface area (TPSA) is 89.2 Å². The van der Waals surface area contributed by atoms with E-state index in [1.165, 1.54) is 18.3 Å². The van der Waals surface area contributed by atoms with Gasteiger partial charge in [0, 0.05) is 80.4 Å². The van der Waals surface area contributed by atoms with Crippen molar-refractivity contribution < 1.29 is 4.79 Å². The molecule has 35 heavy (non-hydrogen) atoms. The Kier molecular flexibility index (Phi) is 6.72. The van der Waals surface area contributed by atoms with Gasteiger partial charge in [0.15, 0.2) is 0 Å². The maximum atomic E-state index is 11.2. The number of nitrogens with zero attached hydrogens (tertiary/aromatic N) is 4. The smallest absolute Gasteiger partial charge is 0.227 e. The third-order valence-electron chi connectivity index (χ3n) is 6.07. The van der Waals surface area contributed by atoms with Gasteiger partial charge in [-0.1, -0.05) is 12.1 Å². The van der Waals surface area contributed by atoms with Crippen molar-refractivity contribution in [2.75, 3.05) is 41.7 Å². The van der Waals surface area contributed by atoms with Gasteiger partial charge in [-0.2, -0.15) is 0 Å². The van der Waals surface area contributed by atoms with E-state index in [2.05, 4.69) is 71.8 Å². The number of hydrogen-bond donors (Lipinski definition) is 3. The molecular formula is C27H29N7O. The molecule has 0 bridgehead atoms. The second-order valence-electron chi connectivity index (χ2n) is 8.65. The molecule has 3 N–H and O–H groups in total. The van der Waals surface area contributed by atoms with Crippen LogP contribution in [0.5, 0.6) is 0 Å². The van der Waals surface area contributed by atoms with Crippen LogP contribution in [0.2, 0.25) is 0 Å². The summed E-state index contributed by atoms with van der Waals surface area (Å²) < 4.78 is 0. The molecule has 178 valence electrons. The quantitative estimate of drug-likeness (QED) is 0.371. The Balaban J connectivity index is 1.18. The highest BCUT2D eigenvalue weighted by Crippen LogP contribution is 2.24. The number of amides is 1. The van der Waals surface area contributed by atoms with Crippen LogP contribution in [0.1, 0.15) is 12.6 Å². The van der Waals surface area contributed by atoms with Crippen molar-refractivity contribution in [3.05, 3.63) is 84.8 Å². The van der Waals surface area contributed by atoms with Crippen LogP contribution in [-0.4, -0.2) is 51.9 Å². The van der Waals surface area contributed by atoms with Crippen LogP contribution in [-0.2, 0) is 11.3 Å². The number of nitrogens with one attached hydrogen (secondary N) is 3. The Morgan fingerprint density at radius 2 is 1.69 bits per heavy atom. The molecule has 8 nitrogen and oxygen atoms in total. The molecule has 0 radical (unpaired) electrons. The minimum absolute atomic E-state index is 0.0907. The summed E-state index contributed by atoms with van der Waals surface area (Å²) in [6.07, 6.45) is 3.72. The van der Waals surface area contributed by atoms with Crippen molar-refractivity contribution >= 4 is 28.9 Å². The number of carbonyl (C=O) groups is 1. The molecule has 0 atom stereocenters. The average molecular weight is 468 g/mol. The van der Waals surface area contributed by atoms with Gasteiger partial charge in [-0.3, -0.25) is 9.69 Å². The molecule has 0 unspecified atom stereocenters. The van der Waals surface area contributed by atoms with Gasteiger partial charge in [0.05, 0.1) is 5.69 Å². The van der Waals surface area contributed by atoms with Gasteiger partial charge in [-0.05, 0) is 54.6 Å². The predicted molar refractivity (Wildman–Crippen MR) is 140 cm³/mol. The molecular weight excluding hydrogens is 438 g/mol. The average Bonchev–Trinajstić information content (AvgIpc) is 3.38. The summed E-state index contributed by atoms with van der Waals surface area (Å²) in [6, 6.07) is 22.1. The molecule has 4 aromatic rings. The Labute approximate surface area is 205 Å². The number of piperazine rings is 1. The number of aromatic amines is 1. The third-order valence-corrected chi connectivity index (χ3v) is 6.07. The lowest BCUT2D eigenvalue weighted by molar-refractivity contribution is -0.114. The normalized spacial score (nSPS) is 14.0. The summed E-state index contributed by atoms with van der Waals surface area (Å²) in [7, 11) is 0. The second-order valence-corrected chi connectivity index (χ2v) is 8.65. The van der Waals surface area contributed by atoms with Gasteiger partial charge in [-0.25, -0.2) is 9.97 Å². The van der Waals surface area contributed by atoms with Crippen LogP contribution in [0.25, 0.3) is 11.3 Å². The van der Waals surface area contributed by atoms with E-state index in [0.29, 0.717) is 5.95 Å². The maximum absolute atomic E-state index is 11.2. The fourth-order valence-corrected chi connectivity index (χ4v) is 4.26. The molecule has 1 saturated heterocycles. The van der Waals surface area contributed by atoms with Gasteiger partial charge < -0.3 is 20.5 Å². The lowest BCUT2D eigenvalue weighted by atomic mass is 10.1. The number of rotatable bonds is 7. The Morgan fingerprint density at radius 3 is 2.37 bits per heavy atom. The first kappa shape index (κ1) is 22.6. The van der Waals surface area contributed by atoms with Crippen molar-refractivity contribution in [2.45, 2.75) is 13.5 Å². The minimum atomic E-state index is -0.0907. The summed E-state index contributed by atoms with van der Waals surface area (Å²) in [4.78, 5) is 28.4. The number of H-pyrrole nitrogens is 1. The van der Waals surface area contributed by atoms with Gasteiger partial charge in [0.25, 0.3) is 0 Å². The zero-order valence-electron chi connectivity index (χ0n) is 19.7. The highest BCUT2D eigenvalue weighted by molar-refractivity contribution is 5.88. The fraction of sp³-hybridized carbons (Fsp3) is 0.222. The van der Waals surface area contributed by atoms with Crippen molar-refractivity contribution in [3.63, 3.8) is 0 Å². The highest BCUT2D eigenvalue weighted by Gasteiger charge is 2.17. The monoisotopic (exact) mass is 467 g/mol. The molecule has 8 heteroatoms. The van der Waals surface area contributed by atoms with Crippen LogP contribution in [0, 0.1) is 0 Å². The van der Waals surface area contributed by atoms with E-state index < -0.39 is 0 Å². The standard InChI is InChI=1S/C27H29N7O/c1-20(35)30-22-6-4-21(5-7-22)26-12-14-29-27(32-26)31-23-8-10-25(11-9-23)34-17-15-33(16-18-34)19-24-3-2-13-28-24/h2-14,28H,15-19H2,1H3,(H,30,35)(H,29,31,32). The maximum Gasteiger partial charge on any atom is 0.227 e. The summed E-state index contributed by atoms with van der Waals surface area (Å²) in [5.74, 6) is 0.450. The van der Waals surface area contributed by atoms with E-state index in [0.717, 1.165) is 55.4 Å². The molecule has 0 aliphatic carbocycles. The number of anilines is 4. The predicted octanol–water partition coefficient (Wildman–Crippen LogP) is 4.50. The van der Waals surface area contributed by atoms with Crippen LogP contribution in [0.4, 0.5) is 23.0 Å².